The lowest BCUT2D eigenvalue weighted by Gasteiger charge is -2.33. The third-order valence-corrected chi connectivity index (χ3v) is 4.27. The van der Waals surface area contributed by atoms with E-state index in [2.05, 4.69) is 5.32 Å². The first-order chi connectivity index (χ1) is 12.1. The fourth-order valence-corrected chi connectivity index (χ4v) is 2.90. The molecule has 2 amide bonds. The van der Waals surface area contributed by atoms with Gasteiger partial charge in [0.2, 0.25) is 5.91 Å². The van der Waals surface area contributed by atoms with Gasteiger partial charge in [-0.1, -0.05) is 48.0 Å². The van der Waals surface area contributed by atoms with Gasteiger partial charge in [0.15, 0.2) is 0 Å². The molecule has 0 radical (unpaired) electrons. The van der Waals surface area contributed by atoms with Crippen molar-refractivity contribution >= 4 is 11.8 Å². The minimum atomic E-state index is -0.232. The molecule has 1 unspecified atom stereocenters. The molecule has 1 saturated heterocycles. The van der Waals surface area contributed by atoms with Crippen molar-refractivity contribution in [3.05, 3.63) is 71.3 Å². The second-order valence-corrected chi connectivity index (χ2v) is 6.16. The van der Waals surface area contributed by atoms with Gasteiger partial charge in [0, 0.05) is 12.1 Å². The number of amides is 2. The number of aryl methyl sites for hydroxylation is 1. The first kappa shape index (κ1) is 17.2. The van der Waals surface area contributed by atoms with Crippen molar-refractivity contribution in [3.63, 3.8) is 0 Å². The van der Waals surface area contributed by atoms with Gasteiger partial charge >= 0.3 is 0 Å². The molecule has 1 fully saturated rings. The van der Waals surface area contributed by atoms with Gasteiger partial charge in [0.05, 0.1) is 19.7 Å². The standard InChI is InChI=1S/C20H22N2O3/c1-15-6-5-9-17(12-15)20(24)21-13-19(23)22-10-11-25-18(14-22)16-7-3-2-4-8-16/h2-9,12,18H,10-11,13-14H2,1H3,(H,21,24). The van der Waals surface area contributed by atoms with Crippen LogP contribution in [0.25, 0.3) is 0 Å². The molecule has 3 rings (SSSR count). The maximum Gasteiger partial charge on any atom is 0.251 e. The van der Waals surface area contributed by atoms with Gasteiger partial charge in [-0.2, -0.15) is 0 Å². The smallest absolute Gasteiger partial charge is 0.251 e. The summed E-state index contributed by atoms with van der Waals surface area (Å²) in [6.45, 7) is 3.47. The van der Waals surface area contributed by atoms with Crippen LogP contribution >= 0.6 is 0 Å². The minimum absolute atomic E-state index is 0.00567. The van der Waals surface area contributed by atoms with Gasteiger partial charge < -0.3 is 15.0 Å². The normalized spacial score (nSPS) is 17.2. The third kappa shape index (κ3) is 4.45. The highest BCUT2D eigenvalue weighted by Gasteiger charge is 2.25. The number of carbonyl (C=O) groups excluding carboxylic acids is 2. The van der Waals surface area contributed by atoms with Gasteiger partial charge in [-0.25, -0.2) is 0 Å². The average molecular weight is 338 g/mol. The van der Waals surface area contributed by atoms with Gasteiger partial charge in [0.25, 0.3) is 5.91 Å². The lowest BCUT2D eigenvalue weighted by Crippen LogP contribution is -2.46. The van der Waals surface area contributed by atoms with Gasteiger partial charge in [0.1, 0.15) is 6.10 Å². The fraction of sp³-hybridized carbons (Fsp3) is 0.300. The molecule has 1 N–H and O–H groups in total. The van der Waals surface area contributed by atoms with Crippen molar-refractivity contribution < 1.29 is 14.3 Å². The summed E-state index contributed by atoms with van der Waals surface area (Å²) in [6.07, 6.45) is -0.119. The summed E-state index contributed by atoms with van der Waals surface area (Å²) in [5, 5.41) is 2.71. The maximum atomic E-state index is 12.4. The van der Waals surface area contributed by atoms with Gasteiger partial charge in [-0.15, -0.1) is 0 Å². The molecule has 0 spiro atoms. The molecule has 1 heterocycles. The summed E-state index contributed by atoms with van der Waals surface area (Å²) in [5.74, 6) is -0.324. The lowest BCUT2D eigenvalue weighted by molar-refractivity contribution is -0.137. The number of morpholine rings is 1. The highest BCUT2D eigenvalue weighted by Crippen LogP contribution is 2.21. The number of hydrogen-bond acceptors (Lipinski definition) is 3. The van der Waals surface area contributed by atoms with E-state index in [9.17, 15) is 9.59 Å². The molecule has 130 valence electrons. The largest absolute Gasteiger partial charge is 0.370 e. The predicted octanol–water partition coefficient (Wildman–Crippen LogP) is 2.32. The van der Waals surface area contributed by atoms with E-state index >= 15 is 0 Å². The van der Waals surface area contributed by atoms with Crippen LogP contribution < -0.4 is 5.32 Å². The summed E-state index contributed by atoms with van der Waals surface area (Å²) in [5.41, 5.74) is 2.64. The molecule has 0 saturated carbocycles. The van der Waals surface area contributed by atoms with Crippen LogP contribution in [-0.2, 0) is 9.53 Å². The van der Waals surface area contributed by atoms with E-state index in [4.69, 9.17) is 4.74 Å². The number of ether oxygens (including phenoxy) is 1. The maximum absolute atomic E-state index is 12.4. The van der Waals surface area contributed by atoms with E-state index in [1.165, 1.54) is 0 Å². The molecule has 5 nitrogen and oxygen atoms in total. The molecule has 2 aromatic rings. The Morgan fingerprint density at radius 3 is 2.72 bits per heavy atom. The number of benzene rings is 2. The number of hydrogen-bond donors (Lipinski definition) is 1. The van der Waals surface area contributed by atoms with Crippen LogP contribution in [0.3, 0.4) is 0 Å². The quantitative estimate of drug-likeness (QED) is 0.931. The number of carbonyl (C=O) groups is 2. The van der Waals surface area contributed by atoms with E-state index in [0.29, 0.717) is 25.3 Å². The van der Waals surface area contributed by atoms with Crippen molar-refractivity contribution in [2.24, 2.45) is 0 Å². The highest BCUT2D eigenvalue weighted by atomic mass is 16.5. The van der Waals surface area contributed by atoms with Crippen molar-refractivity contribution in [1.29, 1.82) is 0 Å². The van der Waals surface area contributed by atoms with Crippen molar-refractivity contribution in [3.8, 4) is 0 Å². The van der Waals surface area contributed by atoms with Crippen LogP contribution in [0.5, 0.6) is 0 Å². The Labute approximate surface area is 147 Å². The van der Waals surface area contributed by atoms with Crippen LogP contribution in [0, 0.1) is 6.92 Å². The Hall–Kier alpha value is -2.66. The van der Waals surface area contributed by atoms with Gasteiger partial charge in [-0.05, 0) is 24.6 Å². The Balaban J connectivity index is 1.55. The Morgan fingerprint density at radius 1 is 1.16 bits per heavy atom. The fourth-order valence-electron chi connectivity index (χ4n) is 2.90. The van der Waals surface area contributed by atoms with E-state index < -0.39 is 0 Å². The highest BCUT2D eigenvalue weighted by molar-refractivity contribution is 5.96. The summed E-state index contributed by atoms with van der Waals surface area (Å²) >= 11 is 0. The molecule has 0 bridgehead atoms. The monoisotopic (exact) mass is 338 g/mol. The predicted molar refractivity (Wildman–Crippen MR) is 95.2 cm³/mol. The van der Waals surface area contributed by atoms with Crippen LogP contribution in [0.2, 0.25) is 0 Å². The number of rotatable bonds is 4. The summed E-state index contributed by atoms with van der Waals surface area (Å²) in [6, 6.07) is 17.2. The molecule has 0 aromatic heterocycles. The molecular weight excluding hydrogens is 316 g/mol. The molecular formula is C20H22N2O3. The zero-order valence-electron chi connectivity index (χ0n) is 14.3. The van der Waals surface area contributed by atoms with Crippen LogP contribution in [-0.4, -0.2) is 43.0 Å². The Kier molecular flexibility index (Phi) is 5.46. The number of nitrogens with one attached hydrogen (secondary N) is 1. The lowest BCUT2D eigenvalue weighted by atomic mass is 10.1. The SMILES string of the molecule is Cc1cccc(C(=O)NCC(=O)N2CCOC(c3ccccc3)C2)c1. The second kappa shape index (κ2) is 7.94. The van der Waals surface area contributed by atoms with E-state index in [0.717, 1.165) is 11.1 Å². The van der Waals surface area contributed by atoms with Crippen LogP contribution in [0.15, 0.2) is 54.6 Å². The molecule has 2 aromatic carbocycles. The van der Waals surface area contributed by atoms with Crippen molar-refractivity contribution in [2.45, 2.75) is 13.0 Å². The summed E-state index contributed by atoms with van der Waals surface area (Å²) in [4.78, 5) is 26.3. The second-order valence-electron chi connectivity index (χ2n) is 6.16. The average Bonchev–Trinajstić information content (AvgIpc) is 2.66. The van der Waals surface area contributed by atoms with E-state index in [1.54, 1.807) is 17.0 Å². The van der Waals surface area contributed by atoms with Gasteiger partial charge in [-0.3, -0.25) is 9.59 Å². The zero-order chi connectivity index (χ0) is 17.6. The molecule has 25 heavy (non-hydrogen) atoms. The summed E-state index contributed by atoms with van der Waals surface area (Å²) < 4.78 is 5.77. The van der Waals surface area contributed by atoms with Crippen molar-refractivity contribution in [2.75, 3.05) is 26.2 Å². The van der Waals surface area contributed by atoms with Crippen LogP contribution in [0.1, 0.15) is 27.6 Å². The first-order valence-electron chi connectivity index (χ1n) is 8.42. The van der Waals surface area contributed by atoms with E-state index in [-0.39, 0.29) is 24.5 Å². The molecule has 0 aliphatic carbocycles. The first-order valence-corrected chi connectivity index (χ1v) is 8.42. The third-order valence-electron chi connectivity index (χ3n) is 4.27. The molecule has 1 atom stereocenters. The Bertz CT molecular complexity index is 746. The van der Waals surface area contributed by atoms with Crippen molar-refractivity contribution in [1.82, 2.24) is 10.2 Å². The van der Waals surface area contributed by atoms with Crippen LogP contribution in [0.4, 0.5) is 0 Å². The molecule has 1 aliphatic heterocycles. The molecule has 5 heteroatoms. The Morgan fingerprint density at radius 2 is 1.96 bits per heavy atom. The topological polar surface area (TPSA) is 58.6 Å². The van der Waals surface area contributed by atoms with E-state index in [1.807, 2.05) is 49.4 Å². The minimum Gasteiger partial charge on any atom is -0.370 e. The molecule has 1 aliphatic rings. The summed E-state index contributed by atoms with van der Waals surface area (Å²) in [7, 11) is 0. The number of nitrogens with zero attached hydrogens (tertiary/aromatic N) is 1. The zero-order valence-corrected chi connectivity index (χ0v) is 14.3.